The van der Waals surface area contributed by atoms with Crippen LogP contribution < -0.4 is 10.2 Å². The van der Waals surface area contributed by atoms with Crippen LogP contribution >= 0.6 is 11.6 Å². The lowest BCUT2D eigenvalue weighted by molar-refractivity contribution is -0.122. The van der Waals surface area contributed by atoms with Crippen molar-refractivity contribution in [2.45, 2.75) is 68.6 Å². The summed E-state index contributed by atoms with van der Waals surface area (Å²) in [5.41, 5.74) is 2.13. The molecule has 192 valence electrons. The number of nitrogens with zero attached hydrogens (tertiary/aromatic N) is 2. The second-order valence-corrected chi connectivity index (χ2v) is 12.3. The quantitative estimate of drug-likeness (QED) is 0.386. The van der Waals surface area contributed by atoms with Gasteiger partial charge in [0, 0.05) is 48.2 Å². The van der Waals surface area contributed by atoms with E-state index in [0.29, 0.717) is 11.4 Å². The van der Waals surface area contributed by atoms with Gasteiger partial charge in [-0.1, -0.05) is 43.5 Å². The molecule has 2 heterocycles. The SMILES string of the molecule is CCCCC(CC(=O)NC1CCN(c2ccnc(C)c2)CC1)S(=O)(=O)c1ccc2cc(Cl)ccc2c1. The predicted molar refractivity (Wildman–Crippen MR) is 146 cm³/mol. The van der Waals surface area contributed by atoms with E-state index >= 15 is 0 Å². The van der Waals surface area contributed by atoms with Gasteiger partial charge in [-0.25, -0.2) is 8.42 Å². The first-order valence-corrected chi connectivity index (χ1v) is 14.6. The number of amides is 1. The highest BCUT2D eigenvalue weighted by Gasteiger charge is 2.30. The molecule has 0 radical (unpaired) electrons. The Labute approximate surface area is 219 Å². The summed E-state index contributed by atoms with van der Waals surface area (Å²) in [6, 6.07) is 14.6. The first kappa shape index (κ1) is 26.4. The first-order valence-electron chi connectivity index (χ1n) is 12.7. The third kappa shape index (κ3) is 6.37. The van der Waals surface area contributed by atoms with Gasteiger partial charge in [-0.15, -0.1) is 0 Å². The van der Waals surface area contributed by atoms with E-state index in [0.717, 1.165) is 60.9 Å². The fraction of sp³-hybridized carbons (Fsp3) is 0.429. The number of fused-ring (bicyclic) bond motifs is 1. The molecule has 0 spiro atoms. The van der Waals surface area contributed by atoms with Crippen molar-refractivity contribution in [3.63, 3.8) is 0 Å². The maximum atomic E-state index is 13.6. The zero-order valence-electron chi connectivity index (χ0n) is 20.9. The summed E-state index contributed by atoms with van der Waals surface area (Å²) in [6.07, 6.45) is 5.54. The lowest BCUT2D eigenvalue weighted by Crippen LogP contribution is -2.45. The smallest absolute Gasteiger partial charge is 0.221 e. The Kier molecular flexibility index (Phi) is 8.52. The summed E-state index contributed by atoms with van der Waals surface area (Å²) >= 11 is 6.07. The normalized spacial score (nSPS) is 15.7. The van der Waals surface area contributed by atoms with E-state index in [-0.39, 0.29) is 23.3 Å². The van der Waals surface area contributed by atoms with Gasteiger partial charge in [0.2, 0.25) is 5.91 Å². The average molecular weight is 528 g/mol. The summed E-state index contributed by atoms with van der Waals surface area (Å²) < 4.78 is 27.2. The number of sulfone groups is 1. The molecule has 1 atom stereocenters. The number of carbonyl (C=O) groups excluding carboxylic acids is 1. The van der Waals surface area contributed by atoms with Gasteiger partial charge in [0.05, 0.1) is 10.1 Å². The maximum Gasteiger partial charge on any atom is 0.221 e. The van der Waals surface area contributed by atoms with Gasteiger partial charge < -0.3 is 10.2 Å². The molecule has 1 fully saturated rings. The molecule has 6 nitrogen and oxygen atoms in total. The molecule has 1 amide bonds. The molecule has 1 N–H and O–H groups in total. The number of piperidine rings is 1. The lowest BCUT2D eigenvalue weighted by atomic mass is 10.0. The van der Waals surface area contributed by atoms with Gasteiger partial charge in [-0.05, 0) is 73.4 Å². The number of carbonyl (C=O) groups is 1. The highest BCUT2D eigenvalue weighted by atomic mass is 35.5. The molecule has 0 aliphatic carbocycles. The Bertz CT molecular complexity index is 1320. The number of pyridine rings is 1. The van der Waals surface area contributed by atoms with E-state index in [2.05, 4.69) is 21.3 Å². The average Bonchev–Trinajstić information content (AvgIpc) is 2.86. The van der Waals surface area contributed by atoms with Gasteiger partial charge in [0.1, 0.15) is 0 Å². The molecule has 4 rings (SSSR count). The number of anilines is 1. The molecule has 1 aliphatic heterocycles. The highest BCUT2D eigenvalue weighted by Crippen LogP contribution is 2.28. The van der Waals surface area contributed by atoms with Crippen molar-refractivity contribution < 1.29 is 13.2 Å². The van der Waals surface area contributed by atoms with Crippen LogP contribution in [0.5, 0.6) is 0 Å². The molecule has 2 aromatic carbocycles. The minimum atomic E-state index is -3.67. The van der Waals surface area contributed by atoms with Crippen LogP contribution in [-0.4, -0.2) is 43.7 Å². The van der Waals surface area contributed by atoms with Crippen LogP contribution in [-0.2, 0) is 14.6 Å². The summed E-state index contributed by atoms with van der Waals surface area (Å²) in [6.45, 7) is 5.69. The number of nitrogens with one attached hydrogen (secondary N) is 1. The summed E-state index contributed by atoms with van der Waals surface area (Å²) in [5, 5.41) is 4.67. The second-order valence-electron chi connectivity index (χ2n) is 9.65. The number of aryl methyl sites for hydroxylation is 1. The molecule has 1 unspecified atom stereocenters. The van der Waals surface area contributed by atoms with Crippen LogP contribution in [0.2, 0.25) is 5.02 Å². The monoisotopic (exact) mass is 527 g/mol. The molecule has 0 saturated carbocycles. The maximum absolute atomic E-state index is 13.6. The first-order chi connectivity index (χ1) is 17.3. The zero-order valence-corrected chi connectivity index (χ0v) is 22.5. The Morgan fingerprint density at radius 2 is 1.83 bits per heavy atom. The Morgan fingerprint density at radius 1 is 1.11 bits per heavy atom. The number of benzene rings is 2. The number of unbranched alkanes of at least 4 members (excludes halogenated alkanes) is 1. The molecular weight excluding hydrogens is 494 g/mol. The van der Waals surface area contributed by atoms with E-state index < -0.39 is 15.1 Å². The lowest BCUT2D eigenvalue weighted by Gasteiger charge is -2.34. The van der Waals surface area contributed by atoms with Gasteiger partial charge >= 0.3 is 0 Å². The largest absolute Gasteiger partial charge is 0.371 e. The van der Waals surface area contributed by atoms with Crippen molar-refractivity contribution in [3.05, 3.63) is 65.4 Å². The van der Waals surface area contributed by atoms with Crippen molar-refractivity contribution in [3.8, 4) is 0 Å². The van der Waals surface area contributed by atoms with Crippen molar-refractivity contribution in [2.24, 2.45) is 0 Å². The second kappa shape index (κ2) is 11.6. The Balaban J connectivity index is 1.41. The van der Waals surface area contributed by atoms with E-state index in [1.807, 2.05) is 38.2 Å². The highest BCUT2D eigenvalue weighted by molar-refractivity contribution is 7.92. The summed E-state index contributed by atoms with van der Waals surface area (Å²) in [7, 11) is -3.67. The van der Waals surface area contributed by atoms with Crippen molar-refractivity contribution in [1.29, 1.82) is 0 Å². The fourth-order valence-corrected chi connectivity index (χ4v) is 6.83. The van der Waals surface area contributed by atoms with Crippen molar-refractivity contribution in [1.82, 2.24) is 10.3 Å². The number of hydrogen-bond acceptors (Lipinski definition) is 5. The summed E-state index contributed by atoms with van der Waals surface area (Å²) in [4.78, 5) is 19.8. The number of rotatable bonds is 9. The van der Waals surface area contributed by atoms with Crippen molar-refractivity contribution >= 4 is 43.8 Å². The van der Waals surface area contributed by atoms with E-state index in [4.69, 9.17) is 11.6 Å². The Morgan fingerprint density at radius 3 is 2.56 bits per heavy atom. The molecule has 8 heteroatoms. The Hall–Kier alpha value is -2.64. The topological polar surface area (TPSA) is 79.4 Å². The van der Waals surface area contributed by atoms with Gasteiger partial charge in [0.25, 0.3) is 0 Å². The van der Waals surface area contributed by atoms with Gasteiger partial charge in [-0.3, -0.25) is 9.78 Å². The minimum Gasteiger partial charge on any atom is -0.371 e. The van der Waals surface area contributed by atoms with Crippen molar-refractivity contribution in [2.75, 3.05) is 18.0 Å². The molecule has 1 aliphatic rings. The zero-order chi connectivity index (χ0) is 25.7. The van der Waals surface area contributed by atoms with Gasteiger partial charge in [0.15, 0.2) is 9.84 Å². The van der Waals surface area contributed by atoms with E-state index in [9.17, 15) is 13.2 Å². The fourth-order valence-electron chi connectivity index (χ4n) is 4.87. The molecule has 1 saturated heterocycles. The number of hydrogen-bond donors (Lipinski definition) is 1. The standard InChI is InChI=1S/C28H34ClN3O3S/c1-3-4-5-26(36(34,35)27-9-7-21-17-23(29)8-6-22(21)18-27)19-28(33)31-24-11-14-32(15-12-24)25-10-13-30-20(2)16-25/h6-10,13,16-18,24,26H,3-5,11-12,14-15,19H2,1-2H3,(H,31,33). The molecule has 1 aromatic heterocycles. The predicted octanol–water partition coefficient (Wildman–Crippen LogP) is 5.70. The van der Waals surface area contributed by atoms with E-state index in [1.165, 1.54) is 0 Å². The van der Waals surface area contributed by atoms with Crippen LogP contribution in [0.4, 0.5) is 5.69 Å². The minimum absolute atomic E-state index is 0.0231. The van der Waals surface area contributed by atoms with Crippen LogP contribution in [0.25, 0.3) is 10.8 Å². The van der Waals surface area contributed by atoms with Crippen LogP contribution in [0.3, 0.4) is 0 Å². The number of aromatic nitrogens is 1. The van der Waals surface area contributed by atoms with Gasteiger partial charge in [-0.2, -0.15) is 0 Å². The molecule has 0 bridgehead atoms. The van der Waals surface area contributed by atoms with E-state index in [1.54, 1.807) is 24.3 Å². The van der Waals surface area contributed by atoms with Crippen LogP contribution in [0.1, 0.15) is 51.1 Å². The molecule has 36 heavy (non-hydrogen) atoms. The number of halogens is 1. The molecule has 3 aromatic rings. The molecular formula is C28H34ClN3O3S. The van der Waals surface area contributed by atoms with Crippen LogP contribution in [0.15, 0.2) is 59.6 Å². The van der Waals surface area contributed by atoms with Crippen LogP contribution in [0, 0.1) is 6.92 Å². The third-order valence-corrected chi connectivity index (χ3v) is 9.37. The third-order valence-electron chi connectivity index (χ3n) is 6.94. The summed E-state index contributed by atoms with van der Waals surface area (Å²) in [5.74, 6) is -0.189.